The number of halogens is 1. The first kappa shape index (κ1) is 17.5. The second-order valence-corrected chi connectivity index (χ2v) is 6.44. The summed E-state index contributed by atoms with van der Waals surface area (Å²) in [5, 5.41) is 15.2. The first-order chi connectivity index (χ1) is 9.61. The molecule has 0 bridgehead atoms. The van der Waals surface area contributed by atoms with E-state index in [-0.39, 0.29) is 12.0 Å². The Kier molecular flexibility index (Phi) is 5.75. The van der Waals surface area contributed by atoms with E-state index in [1.54, 1.807) is 25.1 Å². The third-order valence-corrected chi connectivity index (χ3v) is 3.34. The Morgan fingerprint density at radius 3 is 2.48 bits per heavy atom. The number of hydrogen-bond acceptors (Lipinski definition) is 3. The number of rotatable bonds is 3. The zero-order valence-electron chi connectivity index (χ0n) is 12.7. The molecule has 0 spiro atoms. The van der Waals surface area contributed by atoms with Crippen LogP contribution in [0.25, 0.3) is 0 Å². The molecule has 5 nitrogen and oxygen atoms in total. The number of carbonyl (C=O) groups excluding carboxylic acids is 2. The average molecular weight is 313 g/mol. The molecule has 1 atom stereocenters. The lowest BCUT2D eigenvalue weighted by molar-refractivity contribution is -0.136. The second kappa shape index (κ2) is 6.91. The highest BCUT2D eigenvalue weighted by Gasteiger charge is 2.24. The van der Waals surface area contributed by atoms with Gasteiger partial charge in [-0.2, -0.15) is 0 Å². The van der Waals surface area contributed by atoms with Gasteiger partial charge in [-0.05, 0) is 30.0 Å². The van der Waals surface area contributed by atoms with Crippen molar-refractivity contribution < 1.29 is 14.7 Å². The Morgan fingerprint density at radius 2 is 1.90 bits per heavy atom. The third kappa shape index (κ3) is 5.36. The Morgan fingerprint density at radius 1 is 1.29 bits per heavy atom. The van der Waals surface area contributed by atoms with Crippen molar-refractivity contribution in [1.29, 1.82) is 0 Å². The van der Waals surface area contributed by atoms with Crippen LogP contribution in [-0.2, 0) is 9.59 Å². The van der Waals surface area contributed by atoms with Crippen molar-refractivity contribution in [3.05, 3.63) is 28.8 Å². The highest BCUT2D eigenvalue weighted by molar-refractivity contribution is 6.40. The number of aryl methyl sites for hydroxylation is 1. The van der Waals surface area contributed by atoms with Crippen molar-refractivity contribution in [3.8, 4) is 0 Å². The van der Waals surface area contributed by atoms with Crippen LogP contribution in [0.2, 0.25) is 5.02 Å². The SMILES string of the molecule is Cc1ccc(Cl)cc1NC(=O)C(=O)NCC(O)C(C)(C)C. The van der Waals surface area contributed by atoms with Gasteiger partial charge in [-0.3, -0.25) is 9.59 Å². The van der Waals surface area contributed by atoms with Gasteiger partial charge in [-0.1, -0.05) is 38.4 Å². The number of carbonyl (C=O) groups is 2. The van der Waals surface area contributed by atoms with E-state index in [1.807, 2.05) is 20.8 Å². The Balaban J connectivity index is 2.60. The fraction of sp³-hybridized carbons (Fsp3) is 0.467. The maximum absolute atomic E-state index is 11.8. The van der Waals surface area contributed by atoms with Crippen LogP contribution in [-0.4, -0.2) is 29.6 Å². The van der Waals surface area contributed by atoms with Crippen molar-refractivity contribution in [1.82, 2.24) is 5.32 Å². The van der Waals surface area contributed by atoms with E-state index in [9.17, 15) is 14.7 Å². The maximum Gasteiger partial charge on any atom is 0.313 e. The zero-order chi connectivity index (χ0) is 16.2. The Hall–Kier alpha value is -1.59. The summed E-state index contributed by atoms with van der Waals surface area (Å²) in [5.74, 6) is -1.58. The first-order valence-electron chi connectivity index (χ1n) is 6.64. The first-order valence-corrected chi connectivity index (χ1v) is 7.02. The lowest BCUT2D eigenvalue weighted by atomic mass is 9.89. The molecule has 0 fully saturated rings. The van der Waals surface area contributed by atoms with E-state index in [0.717, 1.165) is 5.56 Å². The lowest BCUT2D eigenvalue weighted by Crippen LogP contribution is -2.43. The van der Waals surface area contributed by atoms with E-state index in [0.29, 0.717) is 10.7 Å². The summed E-state index contributed by atoms with van der Waals surface area (Å²) in [6, 6.07) is 5.03. The van der Waals surface area contributed by atoms with Gasteiger partial charge in [0.05, 0.1) is 6.10 Å². The lowest BCUT2D eigenvalue weighted by Gasteiger charge is -2.25. The van der Waals surface area contributed by atoms with E-state index >= 15 is 0 Å². The molecular formula is C15H21ClN2O3. The smallest absolute Gasteiger partial charge is 0.313 e. The number of hydrogen-bond donors (Lipinski definition) is 3. The van der Waals surface area contributed by atoms with E-state index < -0.39 is 17.9 Å². The van der Waals surface area contributed by atoms with Crippen molar-refractivity contribution in [3.63, 3.8) is 0 Å². The van der Waals surface area contributed by atoms with Gasteiger partial charge < -0.3 is 15.7 Å². The number of anilines is 1. The summed E-state index contributed by atoms with van der Waals surface area (Å²) < 4.78 is 0. The number of aliphatic hydroxyl groups is 1. The fourth-order valence-corrected chi connectivity index (χ4v) is 1.66. The molecule has 0 saturated carbocycles. The molecule has 3 N–H and O–H groups in total. The summed E-state index contributed by atoms with van der Waals surface area (Å²) in [7, 11) is 0. The maximum atomic E-state index is 11.8. The van der Waals surface area contributed by atoms with E-state index in [2.05, 4.69) is 10.6 Å². The third-order valence-electron chi connectivity index (χ3n) is 3.11. The summed E-state index contributed by atoms with van der Waals surface area (Å²) >= 11 is 5.85. The topological polar surface area (TPSA) is 78.4 Å². The summed E-state index contributed by atoms with van der Waals surface area (Å²) in [6.45, 7) is 7.36. The molecule has 1 aromatic carbocycles. The van der Waals surface area contributed by atoms with Crippen molar-refractivity contribution in [2.45, 2.75) is 33.8 Å². The molecule has 0 aliphatic rings. The molecule has 0 aromatic heterocycles. The molecule has 0 aliphatic heterocycles. The summed E-state index contributed by atoms with van der Waals surface area (Å²) in [4.78, 5) is 23.5. The quantitative estimate of drug-likeness (QED) is 0.748. The predicted octanol–water partition coefficient (Wildman–Crippen LogP) is 2.11. The molecular weight excluding hydrogens is 292 g/mol. The van der Waals surface area contributed by atoms with Crippen LogP contribution in [0.4, 0.5) is 5.69 Å². The highest BCUT2D eigenvalue weighted by atomic mass is 35.5. The van der Waals surface area contributed by atoms with E-state index in [1.165, 1.54) is 0 Å². The predicted molar refractivity (Wildman–Crippen MR) is 83.3 cm³/mol. The second-order valence-electron chi connectivity index (χ2n) is 6.01. The van der Waals surface area contributed by atoms with E-state index in [4.69, 9.17) is 11.6 Å². The van der Waals surface area contributed by atoms with Crippen LogP contribution in [0.15, 0.2) is 18.2 Å². The monoisotopic (exact) mass is 312 g/mol. The number of aliphatic hydroxyl groups excluding tert-OH is 1. The van der Waals surface area contributed by atoms with Crippen LogP contribution in [0.1, 0.15) is 26.3 Å². The molecule has 0 saturated heterocycles. The van der Waals surface area contributed by atoms with Crippen molar-refractivity contribution in [2.75, 3.05) is 11.9 Å². The number of amides is 2. The molecule has 1 aromatic rings. The largest absolute Gasteiger partial charge is 0.391 e. The van der Waals surface area contributed by atoms with Crippen LogP contribution in [0.3, 0.4) is 0 Å². The summed E-state index contributed by atoms with van der Waals surface area (Å²) in [5.41, 5.74) is 0.919. The molecule has 2 amide bonds. The minimum Gasteiger partial charge on any atom is -0.391 e. The minimum atomic E-state index is -0.794. The van der Waals surface area contributed by atoms with Gasteiger partial charge in [-0.25, -0.2) is 0 Å². The Bertz CT molecular complexity index is 538. The van der Waals surface area contributed by atoms with Gasteiger partial charge in [0, 0.05) is 17.3 Å². The standard InChI is InChI=1S/C15H21ClN2O3/c1-9-5-6-10(16)7-11(9)18-14(21)13(20)17-8-12(19)15(2,3)4/h5-7,12,19H,8H2,1-4H3,(H,17,20)(H,18,21). The molecule has 6 heteroatoms. The molecule has 116 valence electrons. The molecule has 0 heterocycles. The zero-order valence-corrected chi connectivity index (χ0v) is 13.4. The van der Waals surface area contributed by atoms with Crippen LogP contribution >= 0.6 is 11.6 Å². The number of benzene rings is 1. The van der Waals surface area contributed by atoms with Crippen LogP contribution < -0.4 is 10.6 Å². The normalized spacial score (nSPS) is 12.7. The number of nitrogens with one attached hydrogen (secondary N) is 2. The van der Waals surface area contributed by atoms with Gasteiger partial charge in [-0.15, -0.1) is 0 Å². The average Bonchev–Trinajstić information content (AvgIpc) is 2.38. The molecule has 0 radical (unpaired) electrons. The van der Waals surface area contributed by atoms with Gasteiger partial charge >= 0.3 is 11.8 Å². The molecule has 0 aliphatic carbocycles. The van der Waals surface area contributed by atoms with Crippen molar-refractivity contribution in [2.24, 2.45) is 5.41 Å². The fourth-order valence-electron chi connectivity index (χ4n) is 1.48. The Labute approximate surface area is 129 Å². The molecule has 1 unspecified atom stereocenters. The summed E-state index contributed by atoms with van der Waals surface area (Å²) in [6.07, 6.45) is -0.734. The van der Waals surface area contributed by atoms with Gasteiger partial charge in [0.1, 0.15) is 0 Å². The van der Waals surface area contributed by atoms with Crippen molar-refractivity contribution >= 4 is 29.1 Å². The van der Waals surface area contributed by atoms with Crippen LogP contribution in [0, 0.1) is 12.3 Å². The van der Waals surface area contributed by atoms with Gasteiger partial charge in [0.2, 0.25) is 0 Å². The molecule has 21 heavy (non-hydrogen) atoms. The van der Waals surface area contributed by atoms with Gasteiger partial charge in [0.25, 0.3) is 0 Å². The van der Waals surface area contributed by atoms with Gasteiger partial charge in [0.15, 0.2) is 0 Å². The van der Waals surface area contributed by atoms with Crippen LogP contribution in [0.5, 0.6) is 0 Å². The highest BCUT2D eigenvalue weighted by Crippen LogP contribution is 2.20. The molecule has 1 rings (SSSR count). The minimum absolute atomic E-state index is 0.0181.